The minimum atomic E-state index is -0.671. The summed E-state index contributed by atoms with van der Waals surface area (Å²) in [4.78, 5) is 35.6. The standard InChI is InChI=1S/C22H16N4O2/c1-12-7-8-16(9-13(12)2)26-19-15(10-14-5-3-4-6-18(14)23-19)11-17-20(26)24-22(28)25-21(17)27/h3-11H,1-2H3,(H,25,27,28). The number of aromatic amines is 1. The Hall–Kier alpha value is -3.80. The number of rotatable bonds is 1. The van der Waals surface area contributed by atoms with Crippen LogP contribution in [-0.2, 0) is 0 Å². The minimum absolute atomic E-state index is 0.298. The van der Waals surface area contributed by atoms with E-state index in [0.717, 1.165) is 33.1 Å². The van der Waals surface area contributed by atoms with E-state index in [1.165, 1.54) is 0 Å². The van der Waals surface area contributed by atoms with Crippen LogP contribution in [0.15, 0.2) is 64.2 Å². The van der Waals surface area contributed by atoms with Crippen molar-refractivity contribution >= 4 is 21.9 Å². The summed E-state index contributed by atoms with van der Waals surface area (Å²) in [5.74, 6) is 0.298. The van der Waals surface area contributed by atoms with Gasteiger partial charge in [0.2, 0.25) is 0 Å². The number of hydrogen-bond donors (Lipinski definition) is 1. The third kappa shape index (κ3) is 2.42. The van der Waals surface area contributed by atoms with E-state index in [9.17, 15) is 9.59 Å². The van der Waals surface area contributed by atoms with Gasteiger partial charge >= 0.3 is 5.69 Å². The van der Waals surface area contributed by atoms with Gasteiger partial charge in [0.1, 0.15) is 5.65 Å². The Balaban J connectivity index is 2.03. The molecule has 3 heterocycles. The molecule has 0 fully saturated rings. The Morgan fingerprint density at radius 2 is 1.68 bits per heavy atom. The normalized spacial score (nSPS) is 11.5. The Morgan fingerprint density at radius 3 is 2.50 bits per heavy atom. The highest BCUT2D eigenvalue weighted by Gasteiger charge is 2.19. The highest BCUT2D eigenvalue weighted by Crippen LogP contribution is 2.29. The molecular weight excluding hydrogens is 352 g/mol. The average Bonchev–Trinajstić information content (AvgIpc) is 2.67. The van der Waals surface area contributed by atoms with Crippen LogP contribution in [0.4, 0.5) is 0 Å². The first-order chi connectivity index (χ1) is 13.5. The Bertz CT molecular complexity index is 1480. The molecule has 6 nitrogen and oxygen atoms in total. The lowest BCUT2D eigenvalue weighted by molar-refractivity contribution is 0.950. The second-order valence-corrected chi connectivity index (χ2v) is 6.95. The van der Waals surface area contributed by atoms with Gasteiger partial charge in [0.25, 0.3) is 5.56 Å². The summed E-state index contributed by atoms with van der Waals surface area (Å²) in [5, 5.41) is 1.78. The zero-order valence-corrected chi connectivity index (χ0v) is 15.4. The summed E-state index contributed by atoms with van der Waals surface area (Å²) < 4.78 is 1.79. The van der Waals surface area contributed by atoms with Gasteiger partial charge in [-0.05, 0) is 55.3 Å². The lowest BCUT2D eigenvalue weighted by atomic mass is 10.1. The Kier molecular flexibility index (Phi) is 3.42. The number of hydrogen-bond acceptors (Lipinski definition) is 4. The smallest absolute Gasteiger partial charge is 0.278 e. The number of para-hydroxylation sites is 1. The van der Waals surface area contributed by atoms with Gasteiger partial charge in [-0.25, -0.2) is 9.78 Å². The molecule has 6 heteroatoms. The fourth-order valence-electron chi connectivity index (χ4n) is 3.52. The molecule has 2 aliphatic rings. The van der Waals surface area contributed by atoms with Crippen LogP contribution in [0.5, 0.6) is 0 Å². The van der Waals surface area contributed by atoms with Gasteiger partial charge in [0.05, 0.1) is 11.1 Å². The first-order valence-electron chi connectivity index (χ1n) is 8.94. The lowest BCUT2D eigenvalue weighted by Crippen LogP contribution is -2.27. The molecule has 0 amide bonds. The van der Waals surface area contributed by atoms with Crippen LogP contribution < -0.4 is 11.2 Å². The van der Waals surface area contributed by atoms with Crippen LogP contribution in [0.25, 0.3) is 39.0 Å². The number of nitrogens with one attached hydrogen (secondary N) is 1. The van der Waals surface area contributed by atoms with E-state index in [1.54, 1.807) is 10.6 Å². The number of aromatic nitrogens is 4. The van der Waals surface area contributed by atoms with Crippen molar-refractivity contribution < 1.29 is 0 Å². The molecule has 3 aromatic rings. The molecule has 0 atom stereocenters. The summed E-state index contributed by atoms with van der Waals surface area (Å²) in [5.41, 5.74) is 3.76. The molecule has 0 aliphatic carbocycles. The molecule has 2 aromatic carbocycles. The van der Waals surface area contributed by atoms with Gasteiger partial charge in [-0.1, -0.05) is 24.3 Å². The number of H-pyrrole nitrogens is 1. The summed E-state index contributed by atoms with van der Waals surface area (Å²) >= 11 is 0. The van der Waals surface area contributed by atoms with Crippen molar-refractivity contribution in [3.63, 3.8) is 0 Å². The molecule has 0 bridgehead atoms. The van der Waals surface area contributed by atoms with E-state index < -0.39 is 11.2 Å². The van der Waals surface area contributed by atoms with Gasteiger partial charge in [-0.15, -0.1) is 0 Å². The molecule has 2 aliphatic heterocycles. The average molecular weight is 368 g/mol. The number of fused-ring (bicyclic) bond motifs is 3. The van der Waals surface area contributed by atoms with Crippen molar-refractivity contribution in [2.45, 2.75) is 13.8 Å². The molecule has 0 saturated heterocycles. The van der Waals surface area contributed by atoms with Crippen LogP contribution in [0.1, 0.15) is 11.1 Å². The summed E-state index contributed by atoms with van der Waals surface area (Å²) in [6.45, 7) is 4.06. The number of pyridine rings is 2. The molecule has 0 spiro atoms. The summed E-state index contributed by atoms with van der Waals surface area (Å²) in [6.07, 6.45) is 0. The highest BCUT2D eigenvalue weighted by atomic mass is 16.2. The zero-order valence-electron chi connectivity index (χ0n) is 15.4. The van der Waals surface area contributed by atoms with Crippen molar-refractivity contribution in [3.8, 4) is 17.1 Å². The van der Waals surface area contributed by atoms with Crippen molar-refractivity contribution in [2.24, 2.45) is 0 Å². The van der Waals surface area contributed by atoms with E-state index in [0.29, 0.717) is 17.0 Å². The van der Waals surface area contributed by atoms with Crippen LogP contribution >= 0.6 is 0 Å². The highest BCUT2D eigenvalue weighted by molar-refractivity contribution is 5.94. The van der Waals surface area contributed by atoms with Crippen LogP contribution in [-0.4, -0.2) is 19.5 Å². The molecule has 1 aromatic heterocycles. The van der Waals surface area contributed by atoms with Crippen molar-refractivity contribution in [2.75, 3.05) is 0 Å². The van der Waals surface area contributed by atoms with Crippen LogP contribution in [0, 0.1) is 13.8 Å². The first-order valence-corrected chi connectivity index (χ1v) is 8.94. The summed E-state index contributed by atoms with van der Waals surface area (Å²) in [7, 11) is 0. The van der Waals surface area contributed by atoms with Gasteiger partial charge < -0.3 is 0 Å². The molecule has 0 saturated carbocycles. The third-order valence-electron chi connectivity index (χ3n) is 5.12. The zero-order chi connectivity index (χ0) is 19.4. The SMILES string of the molecule is Cc1ccc(-n2c3nc(=O)[nH]c(=O)c-3cc3cc4ccccc4nc32)cc1C. The monoisotopic (exact) mass is 368 g/mol. The van der Waals surface area contributed by atoms with E-state index in [4.69, 9.17) is 4.98 Å². The van der Waals surface area contributed by atoms with E-state index in [1.807, 2.05) is 62.4 Å². The van der Waals surface area contributed by atoms with Crippen LogP contribution in [0.2, 0.25) is 0 Å². The minimum Gasteiger partial charge on any atom is -0.278 e. The number of nitrogens with zero attached hydrogens (tertiary/aromatic N) is 3. The molecule has 0 radical (unpaired) electrons. The van der Waals surface area contributed by atoms with Gasteiger partial charge in [0, 0.05) is 16.5 Å². The molecule has 1 N–H and O–H groups in total. The molecule has 136 valence electrons. The van der Waals surface area contributed by atoms with E-state index in [-0.39, 0.29) is 0 Å². The van der Waals surface area contributed by atoms with Crippen LogP contribution in [0.3, 0.4) is 0 Å². The second kappa shape index (κ2) is 5.85. The fraction of sp³-hybridized carbons (Fsp3) is 0.0909. The fourth-order valence-corrected chi connectivity index (χ4v) is 3.52. The van der Waals surface area contributed by atoms with Gasteiger partial charge in [0.15, 0.2) is 5.82 Å². The maximum atomic E-state index is 12.5. The second-order valence-electron chi connectivity index (χ2n) is 6.95. The van der Waals surface area contributed by atoms with Gasteiger partial charge in [-0.3, -0.25) is 14.3 Å². The Morgan fingerprint density at radius 1 is 0.857 bits per heavy atom. The first kappa shape index (κ1) is 16.4. The number of aryl methyl sites for hydroxylation is 2. The quantitative estimate of drug-likeness (QED) is 0.460. The van der Waals surface area contributed by atoms with Crippen molar-refractivity contribution in [1.82, 2.24) is 19.5 Å². The maximum Gasteiger partial charge on any atom is 0.349 e. The van der Waals surface area contributed by atoms with E-state index in [2.05, 4.69) is 9.97 Å². The molecule has 5 rings (SSSR count). The van der Waals surface area contributed by atoms with Crippen molar-refractivity contribution in [1.29, 1.82) is 0 Å². The topological polar surface area (TPSA) is 80.6 Å². The summed E-state index contributed by atoms with van der Waals surface area (Å²) in [6, 6.07) is 17.5. The molecular formula is C22H16N4O2. The van der Waals surface area contributed by atoms with Gasteiger partial charge in [-0.2, -0.15) is 4.98 Å². The third-order valence-corrected chi connectivity index (χ3v) is 5.12. The maximum absolute atomic E-state index is 12.5. The predicted octanol–water partition coefficient (Wildman–Crippen LogP) is 3.34. The lowest BCUT2D eigenvalue weighted by Gasteiger charge is -2.18. The Labute approximate surface area is 159 Å². The van der Waals surface area contributed by atoms with Crippen molar-refractivity contribution in [3.05, 3.63) is 86.6 Å². The molecule has 0 unspecified atom stereocenters. The number of benzene rings is 2. The largest absolute Gasteiger partial charge is 0.349 e. The predicted molar refractivity (Wildman–Crippen MR) is 109 cm³/mol. The molecule has 28 heavy (non-hydrogen) atoms. The van der Waals surface area contributed by atoms with E-state index >= 15 is 0 Å².